The van der Waals surface area contributed by atoms with Crippen LogP contribution in [-0.4, -0.2) is 59.9 Å². The number of carboxylic acids is 1. The number of phosphoric ester groups is 1. The van der Waals surface area contributed by atoms with Crippen molar-refractivity contribution in [2.24, 2.45) is 5.73 Å². The normalized spacial score (nSPS) is 14.3. The van der Waals surface area contributed by atoms with Crippen molar-refractivity contribution in [3.05, 3.63) is 48.6 Å². The van der Waals surface area contributed by atoms with Gasteiger partial charge in [0.2, 0.25) is 0 Å². The Morgan fingerprint density at radius 3 is 1.60 bits per heavy atom. The Labute approximate surface area is 320 Å². The second-order valence-electron chi connectivity index (χ2n) is 13.4. The molecule has 0 aliphatic heterocycles. The number of allylic oxidation sites excluding steroid dienone is 8. The van der Waals surface area contributed by atoms with Crippen molar-refractivity contribution in [1.82, 2.24) is 0 Å². The maximum absolute atomic E-state index is 12.6. The van der Waals surface area contributed by atoms with Crippen LogP contribution in [-0.2, 0) is 37.5 Å². The summed E-state index contributed by atoms with van der Waals surface area (Å²) in [5.74, 6) is -2.42. The van der Waals surface area contributed by atoms with Gasteiger partial charge in [-0.05, 0) is 70.6 Å². The third kappa shape index (κ3) is 36.2. The molecule has 0 aromatic carbocycles. The molecule has 4 N–H and O–H groups in total. The summed E-state index contributed by atoms with van der Waals surface area (Å²) in [4.78, 5) is 45.8. The summed E-state index contributed by atoms with van der Waals surface area (Å²) in [5.41, 5.74) is 5.32. The number of esters is 2. The third-order valence-electron chi connectivity index (χ3n) is 8.31. The van der Waals surface area contributed by atoms with Crippen molar-refractivity contribution < 1.29 is 47.5 Å². The number of carbonyl (C=O) groups excluding carboxylic acids is 2. The molecule has 0 amide bonds. The van der Waals surface area contributed by atoms with Crippen LogP contribution in [0.2, 0.25) is 0 Å². The Morgan fingerprint density at radius 2 is 1.06 bits per heavy atom. The van der Waals surface area contributed by atoms with Crippen LogP contribution < -0.4 is 5.73 Å². The summed E-state index contributed by atoms with van der Waals surface area (Å²) < 4.78 is 32.6. The van der Waals surface area contributed by atoms with E-state index in [0.717, 1.165) is 89.9 Å². The van der Waals surface area contributed by atoms with Gasteiger partial charge in [0.1, 0.15) is 12.6 Å². The van der Waals surface area contributed by atoms with Gasteiger partial charge in [-0.2, -0.15) is 0 Å². The first-order chi connectivity index (χ1) is 25.6. The van der Waals surface area contributed by atoms with Gasteiger partial charge in [0.25, 0.3) is 0 Å². The number of phosphoric acid groups is 1. The molecule has 11 nitrogen and oxygen atoms in total. The van der Waals surface area contributed by atoms with Gasteiger partial charge in [-0.15, -0.1) is 0 Å². The lowest BCUT2D eigenvalue weighted by Gasteiger charge is -2.20. The molecule has 0 aromatic rings. The fourth-order valence-electron chi connectivity index (χ4n) is 5.13. The summed E-state index contributed by atoms with van der Waals surface area (Å²) >= 11 is 0. The Bertz CT molecular complexity index is 1090. The third-order valence-corrected chi connectivity index (χ3v) is 9.26. The Kier molecular flexibility index (Phi) is 34.7. The molecule has 12 heteroatoms. The number of ether oxygens (including phenoxy) is 2. The van der Waals surface area contributed by atoms with Crippen molar-refractivity contribution in [2.45, 2.75) is 174 Å². The van der Waals surface area contributed by atoms with Gasteiger partial charge in [0, 0.05) is 12.8 Å². The number of nitrogens with two attached hydrogens (primary N) is 1. The van der Waals surface area contributed by atoms with E-state index < -0.39 is 51.1 Å². The largest absolute Gasteiger partial charge is 0.480 e. The highest BCUT2D eigenvalue weighted by Crippen LogP contribution is 2.43. The van der Waals surface area contributed by atoms with Gasteiger partial charge in [-0.3, -0.25) is 23.4 Å². The molecular weight excluding hydrogens is 697 g/mol. The first-order valence-electron chi connectivity index (χ1n) is 20.2. The monoisotopic (exact) mass is 769 g/mol. The van der Waals surface area contributed by atoms with E-state index >= 15 is 0 Å². The zero-order chi connectivity index (χ0) is 39.3. The SMILES string of the molecule is CC/C=C/C/C=C/C/C=C/CCCCCCCC(=O)O[C@H](COC(=O)CCCCCCC/C=C/CCCCCCC)COP(=O)(O)OC[C@H](N)C(=O)O. The molecule has 53 heavy (non-hydrogen) atoms. The van der Waals surface area contributed by atoms with Gasteiger partial charge in [0.15, 0.2) is 6.10 Å². The van der Waals surface area contributed by atoms with Gasteiger partial charge in [-0.25, -0.2) is 4.57 Å². The molecule has 0 radical (unpaired) electrons. The average molecular weight is 770 g/mol. The van der Waals surface area contributed by atoms with E-state index in [1.807, 2.05) is 0 Å². The van der Waals surface area contributed by atoms with E-state index in [1.54, 1.807) is 0 Å². The Morgan fingerprint density at radius 1 is 0.604 bits per heavy atom. The first-order valence-corrected chi connectivity index (χ1v) is 21.7. The molecule has 0 aliphatic carbocycles. The van der Waals surface area contributed by atoms with Crippen LogP contribution in [0.5, 0.6) is 0 Å². The van der Waals surface area contributed by atoms with Crippen LogP contribution in [0.25, 0.3) is 0 Å². The maximum Gasteiger partial charge on any atom is 0.472 e. The highest BCUT2D eigenvalue weighted by molar-refractivity contribution is 7.47. The smallest absolute Gasteiger partial charge is 0.472 e. The van der Waals surface area contributed by atoms with Crippen LogP contribution in [0.1, 0.15) is 162 Å². The molecule has 0 rings (SSSR count). The number of hydrogen-bond acceptors (Lipinski definition) is 9. The topological polar surface area (TPSA) is 172 Å². The van der Waals surface area contributed by atoms with Crippen molar-refractivity contribution in [1.29, 1.82) is 0 Å². The summed E-state index contributed by atoms with van der Waals surface area (Å²) in [6, 6.07) is -1.53. The predicted molar refractivity (Wildman–Crippen MR) is 212 cm³/mol. The van der Waals surface area contributed by atoms with Crippen molar-refractivity contribution in [2.75, 3.05) is 19.8 Å². The number of hydrogen-bond donors (Lipinski definition) is 3. The van der Waals surface area contributed by atoms with Crippen LogP contribution in [0.4, 0.5) is 0 Å². The zero-order valence-corrected chi connectivity index (χ0v) is 33.7. The van der Waals surface area contributed by atoms with E-state index in [0.29, 0.717) is 12.8 Å². The number of carbonyl (C=O) groups is 3. The summed E-state index contributed by atoms with van der Waals surface area (Å²) in [5, 5.41) is 8.87. The second kappa shape index (κ2) is 36.4. The Balaban J connectivity index is 4.46. The van der Waals surface area contributed by atoms with Crippen molar-refractivity contribution in [3.8, 4) is 0 Å². The number of carboxylic acid groups (broad SMARTS) is 1. The molecule has 306 valence electrons. The van der Waals surface area contributed by atoms with Gasteiger partial charge in [-0.1, -0.05) is 127 Å². The highest BCUT2D eigenvalue weighted by Gasteiger charge is 2.28. The molecule has 0 heterocycles. The molecule has 0 saturated carbocycles. The van der Waals surface area contributed by atoms with E-state index in [1.165, 1.54) is 32.1 Å². The fraction of sp³-hybridized carbons (Fsp3) is 0.732. The maximum atomic E-state index is 12.6. The molecule has 3 atom stereocenters. The fourth-order valence-corrected chi connectivity index (χ4v) is 5.91. The minimum Gasteiger partial charge on any atom is -0.480 e. The molecule has 0 spiro atoms. The molecule has 0 bridgehead atoms. The van der Waals surface area contributed by atoms with Crippen LogP contribution in [0, 0.1) is 0 Å². The summed E-state index contributed by atoms with van der Waals surface area (Å²) in [7, 11) is -4.72. The molecule has 0 aromatic heterocycles. The lowest BCUT2D eigenvalue weighted by molar-refractivity contribution is -0.161. The quantitative estimate of drug-likeness (QED) is 0.0238. The molecule has 1 unspecified atom stereocenters. The second-order valence-corrected chi connectivity index (χ2v) is 14.8. The predicted octanol–water partition coefficient (Wildman–Crippen LogP) is 10.2. The Hall–Kier alpha value is -2.56. The first kappa shape index (κ1) is 50.4. The minimum atomic E-state index is -4.72. The molecule has 0 aliphatic rings. The van der Waals surface area contributed by atoms with Crippen LogP contribution in [0.3, 0.4) is 0 Å². The number of aliphatic carboxylic acids is 1. The van der Waals surface area contributed by atoms with E-state index in [4.69, 9.17) is 24.8 Å². The molecule has 0 fully saturated rings. The van der Waals surface area contributed by atoms with Crippen molar-refractivity contribution >= 4 is 25.7 Å². The van der Waals surface area contributed by atoms with E-state index in [-0.39, 0.29) is 19.4 Å². The lowest BCUT2D eigenvalue weighted by Crippen LogP contribution is -2.34. The van der Waals surface area contributed by atoms with E-state index in [2.05, 4.69) is 67.0 Å². The van der Waals surface area contributed by atoms with Gasteiger partial charge in [0.05, 0.1) is 13.2 Å². The standard InChI is InChI=1S/C41H72NO10P/c1-3-5-7-9-11-13-15-17-19-21-23-25-27-29-31-33-40(44)52-37(35-50-53(47,48)51-36-38(42)41(45)46)34-49-39(43)32-30-28-26-24-22-20-18-16-14-12-10-8-6-4-2/h5,7,11,13,16-19,37-38H,3-4,6,8-10,12,14-15,20-36,42H2,1-2H3,(H,45,46)(H,47,48)/b7-5+,13-11+,18-16+,19-17+/t37-,38+/m1/s1. The zero-order valence-electron chi connectivity index (χ0n) is 32.8. The summed E-state index contributed by atoms with van der Waals surface area (Å²) in [6.45, 7) is 2.64. The van der Waals surface area contributed by atoms with E-state index in [9.17, 15) is 23.8 Å². The van der Waals surface area contributed by atoms with Gasteiger partial charge < -0.3 is 25.2 Å². The van der Waals surface area contributed by atoms with Crippen LogP contribution in [0.15, 0.2) is 48.6 Å². The average Bonchev–Trinajstić information content (AvgIpc) is 3.13. The van der Waals surface area contributed by atoms with Gasteiger partial charge >= 0.3 is 25.7 Å². The number of unbranched alkanes of at least 4 members (excludes halogenated alkanes) is 15. The lowest BCUT2D eigenvalue weighted by atomic mass is 10.1. The molecule has 0 saturated heterocycles. The molecular formula is C41H72NO10P. The van der Waals surface area contributed by atoms with Crippen molar-refractivity contribution in [3.63, 3.8) is 0 Å². The number of rotatable bonds is 37. The summed E-state index contributed by atoms with van der Waals surface area (Å²) in [6.07, 6.45) is 38.9. The van der Waals surface area contributed by atoms with Crippen LogP contribution >= 0.6 is 7.82 Å². The minimum absolute atomic E-state index is 0.139. The highest BCUT2D eigenvalue weighted by atomic mass is 31.2.